The minimum atomic E-state index is -0.130. The molecule has 1 unspecified atom stereocenters. The number of fused-ring (bicyclic) bond motifs is 1. The Labute approximate surface area is 120 Å². The number of aryl methyl sites for hydroxylation is 1. The van der Waals surface area contributed by atoms with Crippen molar-refractivity contribution in [1.82, 2.24) is 4.98 Å². The van der Waals surface area contributed by atoms with Crippen molar-refractivity contribution in [2.24, 2.45) is 16.5 Å². The zero-order chi connectivity index (χ0) is 14.1. The van der Waals surface area contributed by atoms with Gasteiger partial charge in [0.1, 0.15) is 5.82 Å². The summed E-state index contributed by atoms with van der Waals surface area (Å²) in [6, 6.07) is 6.98. The van der Waals surface area contributed by atoms with Crippen LogP contribution in [-0.4, -0.2) is 10.9 Å². The third-order valence-electron chi connectivity index (χ3n) is 3.50. The first-order chi connectivity index (χ1) is 9.63. The van der Waals surface area contributed by atoms with Gasteiger partial charge in [-0.15, -0.1) is 0 Å². The normalized spacial score (nSPS) is 17.6. The topological polar surface area (TPSA) is 77.3 Å². The summed E-state index contributed by atoms with van der Waals surface area (Å²) >= 11 is 1.49. The first kappa shape index (κ1) is 13.1. The molecule has 4 nitrogen and oxygen atoms in total. The largest absolute Gasteiger partial charge is 0.370 e. The molecule has 1 aliphatic carbocycles. The van der Waals surface area contributed by atoms with E-state index in [9.17, 15) is 4.39 Å². The van der Waals surface area contributed by atoms with Crippen molar-refractivity contribution in [3.05, 3.63) is 46.2 Å². The van der Waals surface area contributed by atoms with E-state index in [1.54, 1.807) is 6.07 Å². The zero-order valence-electron chi connectivity index (χ0n) is 10.8. The van der Waals surface area contributed by atoms with Crippen LogP contribution in [0.4, 0.5) is 9.52 Å². The van der Waals surface area contributed by atoms with Gasteiger partial charge in [-0.1, -0.05) is 29.5 Å². The van der Waals surface area contributed by atoms with Crippen LogP contribution in [0.15, 0.2) is 29.3 Å². The molecule has 3 rings (SSSR count). The molecule has 0 bridgehead atoms. The van der Waals surface area contributed by atoms with Crippen molar-refractivity contribution >= 4 is 22.4 Å². The SMILES string of the molecule is NC(N)=Nc1nc2c(s1)CC(c1ccccc1F)CC2. The van der Waals surface area contributed by atoms with Gasteiger partial charge in [0.2, 0.25) is 5.13 Å². The van der Waals surface area contributed by atoms with Crippen LogP contribution in [0.5, 0.6) is 0 Å². The smallest absolute Gasteiger partial charge is 0.212 e. The Kier molecular flexibility index (Phi) is 3.40. The first-order valence-corrected chi connectivity index (χ1v) is 7.28. The van der Waals surface area contributed by atoms with E-state index < -0.39 is 0 Å². The zero-order valence-corrected chi connectivity index (χ0v) is 11.7. The van der Waals surface area contributed by atoms with Gasteiger partial charge >= 0.3 is 0 Å². The third kappa shape index (κ3) is 2.51. The average molecular weight is 290 g/mol. The summed E-state index contributed by atoms with van der Waals surface area (Å²) in [5.41, 5.74) is 12.6. The van der Waals surface area contributed by atoms with Crippen LogP contribution in [0, 0.1) is 5.82 Å². The maximum Gasteiger partial charge on any atom is 0.212 e. The highest BCUT2D eigenvalue weighted by atomic mass is 32.1. The van der Waals surface area contributed by atoms with Crippen LogP contribution in [0.2, 0.25) is 0 Å². The van der Waals surface area contributed by atoms with Gasteiger partial charge in [-0.3, -0.25) is 0 Å². The average Bonchev–Trinajstić information content (AvgIpc) is 2.79. The lowest BCUT2D eigenvalue weighted by molar-refractivity contribution is 0.534. The number of rotatable bonds is 2. The first-order valence-electron chi connectivity index (χ1n) is 6.46. The predicted molar refractivity (Wildman–Crippen MR) is 78.7 cm³/mol. The van der Waals surface area contributed by atoms with Crippen LogP contribution < -0.4 is 11.5 Å². The number of hydrogen-bond acceptors (Lipinski definition) is 3. The fraction of sp³-hybridized carbons (Fsp3) is 0.286. The molecule has 104 valence electrons. The fourth-order valence-electron chi connectivity index (χ4n) is 2.59. The highest BCUT2D eigenvalue weighted by molar-refractivity contribution is 7.15. The maximum absolute atomic E-state index is 13.9. The van der Waals surface area contributed by atoms with Gasteiger partial charge in [0.25, 0.3) is 0 Å². The minimum Gasteiger partial charge on any atom is -0.370 e. The van der Waals surface area contributed by atoms with Crippen molar-refractivity contribution in [3.63, 3.8) is 0 Å². The molecule has 4 N–H and O–H groups in total. The lowest BCUT2D eigenvalue weighted by atomic mass is 9.85. The molecule has 2 aromatic rings. The molecule has 1 aromatic carbocycles. The molecule has 1 heterocycles. The predicted octanol–water partition coefficient (Wildman–Crippen LogP) is 2.46. The molecule has 20 heavy (non-hydrogen) atoms. The van der Waals surface area contributed by atoms with E-state index in [1.807, 2.05) is 12.1 Å². The maximum atomic E-state index is 13.9. The second-order valence-corrected chi connectivity index (χ2v) is 5.93. The lowest BCUT2D eigenvalue weighted by Gasteiger charge is -2.21. The number of aromatic nitrogens is 1. The summed E-state index contributed by atoms with van der Waals surface area (Å²) < 4.78 is 13.9. The number of hydrogen-bond donors (Lipinski definition) is 2. The number of benzene rings is 1. The van der Waals surface area contributed by atoms with Gasteiger partial charge < -0.3 is 11.5 Å². The molecular formula is C14H15FN4S. The van der Waals surface area contributed by atoms with Crippen molar-refractivity contribution in [1.29, 1.82) is 0 Å². The quantitative estimate of drug-likeness (QED) is 0.659. The Morgan fingerprint density at radius 3 is 2.90 bits per heavy atom. The van der Waals surface area contributed by atoms with Gasteiger partial charge in [0.15, 0.2) is 5.96 Å². The number of guanidine groups is 1. The van der Waals surface area contributed by atoms with Gasteiger partial charge in [0, 0.05) is 4.88 Å². The Morgan fingerprint density at radius 2 is 2.15 bits per heavy atom. The van der Waals surface area contributed by atoms with E-state index in [2.05, 4.69) is 9.98 Å². The number of nitrogens with two attached hydrogens (primary N) is 2. The van der Waals surface area contributed by atoms with Gasteiger partial charge in [0.05, 0.1) is 5.69 Å². The van der Waals surface area contributed by atoms with E-state index >= 15 is 0 Å². The number of thiazole rings is 1. The summed E-state index contributed by atoms with van der Waals surface area (Å²) in [4.78, 5) is 9.56. The minimum absolute atomic E-state index is 0.0155. The Morgan fingerprint density at radius 1 is 1.35 bits per heavy atom. The van der Waals surface area contributed by atoms with Crippen molar-refractivity contribution < 1.29 is 4.39 Å². The molecule has 0 spiro atoms. The van der Waals surface area contributed by atoms with E-state index in [-0.39, 0.29) is 17.7 Å². The van der Waals surface area contributed by atoms with Crippen LogP contribution in [-0.2, 0) is 12.8 Å². The van der Waals surface area contributed by atoms with E-state index in [4.69, 9.17) is 11.5 Å². The van der Waals surface area contributed by atoms with Crippen molar-refractivity contribution in [2.75, 3.05) is 0 Å². The van der Waals surface area contributed by atoms with E-state index in [0.717, 1.165) is 35.4 Å². The summed E-state index contributed by atoms with van der Waals surface area (Å²) in [6.07, 6.45) is 2.54. The van der Waals surface area contributed by atoms with E-state index in [1.165, 1.54) is 17.4 Å². The molecule has 1 aliphatic rings. The van der Waals surface area contributed by atoms with Crippen LogP contribution in [0.25, 0.3) is 0 Å². The Bertz CT molecular complexity index is 661. The lowest BCUT2D eigenvalue weighted by Crippen LogP contribution is -2.21. The Hall–Kier alpha value is -1.95. The number of halogens is 1. The standard InChI is InChI=1S/C14H15FN4S/c15-10-4-2-1-3-9(10)8-5-6-11-12(7-8)20-14(18-11)19-13(16)17/h1-4,8H,5-7H2,(H4,16,17,18,19). The summed E-state index contributed by atoms with van der Waals surface area (Å²) in [7, 11) is 0. The van der Waals surface area contributed by atoms with Gasteiger partial charge in [-0.05, 0) is 36.8 Å². The number of aliphatic imine (C=N–C) groups is 1. The fourth-order valence-corrected chi connectivity index (χ4v) is 3.67. The second kappa shape index (κ2) is 5.20. The van der Waals surface area contributed by atoms with Crippen molar-refractivity contribution in [3.8, 4) is 0 Å². The van der Waals surface area contributed by atoms with Crippen LogP contribution >= 0.6 is 11.3 Å². The molecule has 1 atom stereocenters. The molecule has 0 amide bonds. The van der Waals surface area contributed by atoms with Crippen LogP contribution in [0.1, 0.15) is 28.5 Å². The Balaban J connectivity index is 1.87. The molecule has 0 radical (unpaired) electrons. The molecule has 0 saturated heterocycles. The second-order valence-electron chi connectivity index (χ2n) is 4.86. The monoisotopic (exact) mass is 290 g/mol. The van der Waals surface area contributed by atoms with Gasteiger partial charge in [-0.2, -0.15) is 4.99 Å². The molecular weight excluding hydrogens is 275 g/mol. The molecule has 0 aliphatic heterocycles. The summed E-state index contributed by atoms with van der Waals surface area (Å²) in [5.74, 6) is 0.0906. The third-order valence-corrected chi connectivity index (χ3v) is 4.51. The number of nitrogens with zero attached hydrogens (tertiary/aromatic N) is 2. The van der Waals surface area contributed by atoms with Crippen molar-refractivity contribution in [2.45, 2.75) is 25.2 Å². The molecule has 0 fully saturated rings. The highest BCUT2D eigenvalue weighted by Gasteiger charge is 2.25. The molecule has 6 heteroatoms. The summed E-state index contributed by atoms with van der Waals surface area (Å²) in [6.45, 7) is 0. The van der Waals surface area contributed by atoms with Crippen LogP contribution in [0.3, 0.4) is 0 Å². The summed E-state index contributed by atoms with van der Waals surface area (Å²) in [5, 5.41) is 0.587. The molecule has 0 saturated carbocycles. The van der Waals surface area contributed by atoms with E-state index in [0.29, 0.717) is 5.13 Å². The molecule has 1 aromatic heterocycles. The highest BCUT2D eigenvalue weighted by Crippen LogP contribution is 2.38. The van der Waals surface area contributed by atoms with Gasteiger partial charge in [-0.25, -0.2) is 9.37 Å².